The van der Waals surface area contributed by atoms with Crippen LogP contribution >= 0.6 is 0 Å². The molecule has 2 fully saturated rings. The lowest BCUT2D eigenvalue weighted by molar-refractivity contribution is 0.102. The minimum atomic E-state index is -3.04. The number of fused-ring (bicyclic) bond motifs is 1. The van der Waals surface area contributed by atoms with Crippen LogP contribution in [0.3, 0.4) is 0 Å². The van der Waals surface area contributed by atoms with Gasteiger partial charge in [-0.3, -0.25) is 4.90 Å². The SMILES string of the molecule is O=S(=O)(NCCC1CN(C2CCC2)Cc2cccn2C1)C1CC1. The first-order chi connectivity index (χ1) is 11.1. The summed E-state index contributed by atoms with van der Waals surface area (Å²) in [5, 5.41) is -0.112. The van der Waals surface area contributed by atoms with Crippen molar-refractivity contribution in [3.05, 3.63) is 24.0 Å². The van der Waals surface area contributed by atoms with Gasteiger partial charge in [-0.1, -0.05) is 6.42 Å². The number of nitrogens with zero attached hydrogens (tertiary/aromatic N) is 2. The molecule has 0 saturated heterocycles. The molecular formula is C17H27N3O2S. The van der Waals surface area contributed by atoms with Crippen LogP contribution in [0.15, 0.2) is 18.3 Å². The average Bonchev–Trinajstić information content (AvgIpc) is 3.23. The van der Waals surface area contributed by atoms with E-state index < -0.39 is 10.0 Å². The summed E-state index contributed by atoms with van der Waals surface area (Å²) < 4.78 is 29.1. The molecule has 6 heteroatoms. The Labute approximate surface area is 139 Å². The second-order valence-electron chi connectivity index (χ2n) is 7.46. The summed E-state index contributed by atoms with van der Waals surface area (Å²) >= 11 is 0. The number of hydrogen-bond donors (Lipinski definition) is 1. The summed E-state index contributed by atoms with van der Waals surface area (Å²) in [5.74, 6) is 0.520. The van der Waals surface area contributed by atoms with Crippen LogP contribution in [0, 0.1) is 5.92 Å². The second kappa shape index (κ2) is 6.22. The van der Waals surface area contributed by atoms with Crippen LogP contribution in [0.4, 0.5) is 0 Å². The Morgan fingerprint density at radius 2 is 2.00 bits per heavy atom. The van der Waals surface area contributed by atoms with Gasteiger partial charge < -0.3 is 4.57 Å². The minimum Gasteiger partial charge on any atom is -0.350 e. The van der Waals surface area contributed by atoms with Crippen LogP contribution < -0.4 is 4.72 Å². The summed E-state index contributed by atoms with van der Waals surface area (Å²) in [6.07, 6.45) is 8.76. The molecule has 1 aliphatic heterocycles. The van der Waals surface area contributed by atoms with Crippen molar-refractivity contribution in [3.63, 3.8) is 0 Å². The molecule has 128 valence electrons. The van der Waals surface area contributed by atoms with Crippen LogP contribution in [-0.2, 0) is 23.1 Å². The van der Waals surface area contributed by atoms with Gasteiger partial charge in [-0.15, -0.1) is 0 Å². The topological polar surface area (TPSA) is 54.3 Å². The first kappa shape index (κ1) is 15.7. The van der Waals surface area contributed by atoms with Gasteiger partial charge >= 0.3 is 0 Å². The summed E-state index contributed by atoms with van der Waals surface area (Å²) in [6, 6.07) is 5.10. The van der Waals surface area contributed by atoms with E-state index in [1.54, 1.807) is 0 Å². The molecule has 0 aromatic carbocycles. The highest BCUT2D eigenvalue weighted by Crippen LogP contribution is 2.30. The number of sulfonamides is 1. The Hall–Kier alpha value is -0.850. The lowest BCUT2D eigenvalue weighted by atomic mass is 9.90. The highest BCUT2D eigenvalue weighted by molar-refractivity contribution is 7.90. The third-order valence-corrected chi connectivity index (χ3v) is 7.60. The molecule has 1 unspecified atom stereocenters. The Morgan fingerprint density at radius 1 is 1.17 bits per heavy atom. The summed E-state index contributed by atoms with van der Waals surface area (Å²) in [5.41, 5.74) is 1.40. The van der Waals surface area contributed by atoms with E-state index in [4.69, 9.17) is 0 Å². The molecule has 1 aromatic heterocycles. The molecule has 0 spiro atoms. The number of aromatic nitrogens is 1. The maximum absolute atomic E-state index is 12.0. The molecule has 0 amide bonds. The second-order valence-corrected chi connectivity index (χ2v) is 9.50. The van der Waals surface area contributed by atoms with E-state index in [1.165, 1.54) is 25.0 Å². The molecule has 3 aliphatic rings. The van der Waals surface area contributed by atoms with Crippen LogP contribution in [0.5, 0.6) is 0 Å². The van der Waals surface area contributed by atoms with Crippen LogP contribution in [-0.4, -0.2) is 42.3 Å². The molecule has 23 heavy (non-hydrogen) atoms. The van der Waals surface area contributed by atoms with E-state index in [9.17, 15) is 8.42 Å². The summed E-state index contributed by atoms with van der Waals surface area (Å²) in [7, 11) is -3.04. The molecular weight excluding hydrogens is 310 g/mol. The zero-order chi connectivity index (χ0) is 15.9. The fourth-order valence-corrected chi connectivity index (χ4v) is 5.22. The van der Waals surface area contributed by atoms with Crippen molar-refractivity contribution in [1.82, 2.24) is 14.2 Å². The van der Waals surface area contributed by atoms with Gasteiger partial charge in [0.2, 0.25) is 10.0 Å². The highest BCUT2D eigenvalue weighted by Gasteiger charge is 2.35. The number of rotatable bonds is 6. The monoisotopic (exact) mass is 337 g/mol. The standard InChI is InChI=1S/C17H27N3O2S/c21-23(22,17-6-7-17)18-9-8-14-11-19-10-2-5-16(19)13-20(12-14)15-3-1-4-15/h2,5,10,14-15,17-18H,1,3-4,6-9,11-13H2. The zero-order valence-electron chi connectivity index (χ0n) is 13.7. The lowest BCUT2D eigenvalue weighted by Gasteiger charge is -2.38. The molecule has 2 aliphatic carbocycles. The molecule has 2 heterocycles. The maximum Gasteiger partial charge on any atom is 0.214 e. The molecule has 4 rings (SSSR count). The van der Waals surface area contributed by atoms with Gasteiger partial charge in [0.15, 0.2) is 0 Å². The molecule has 5 nitrogen and oxygen atoms in total. The number of nitrogens with one attached hydrogen (secondary N) is 1. The summed E-state index contributed by atoms with van der Waals surface area (Å²) in [6.45, 7) is 3.73. The average molecular weight is 337 g/mol. The minimum absolute atomic E-state index is 0.112. The first-order valence-electron chi connectivity index (χ1n) is 8.98. The Morgan fingerprint density at radius 3 is 2.70 bits per heavy atom. The van der Waals surface area contributed by atoms with Gasteiger partial charge in [0.25, 0.3) is 0 Å². The molecule has 1 atom stereocenters. The van der Waals surface area contributed by atoms with Gasteiger partial charge in [-0.25, -0.2) is 13.1 Å². The third-order valence-electron chi connectivity index (χ3n) is 5.65. The van der Waals surface area contributed by atoms with E-state index in [0.717, 1.165) is 44.9 Å². The Balaban J connectivity index is 1.38. The number of hydrogen-bond acceptors (Lipinski definition) is 3. The van der Waals surface area contributed by atoms with Crippen molar-refractivity contribution < 1.29 is 8.42 Å². The lowest BCUT2D eigenvalue weighted by Crippen LogP contribution is -2.42. The van der Waals surface area contributed by atoms with Crippen molar-refractivity contribution in [2.24, 2.45) is 5.92 Å². The van der Waals surface area contributed by atoms with Gasteiger partial charge in [0.1, 0.15) is 0 Å². The van der Waals surface area contributed by atoms with Crippen molar-refractivity contribution in [3.8, 4) is 0 Å². The van der Waals surface area contributed by atoms with E-state index in [0.29, 0.717) is 12.5 Å². The van der Waals surface area contributed by atoms with Crippen molar-refractivity contribution in [2.45, 2.75) is 62.9 Å². The van der Waals surface area contributed by atoms with E-state index in [-0.39, 0.29) is 5.25 Å². The quantitative estimate of drug-likeness (QED) is 0.863. The van der Waals surface area contributed by atoms with E-state index >= 15 is 0 Å². The van der Waals surface area contributed by atoms with Gasteiger partial charge in [-0.2, -0.15) is 0 Å². The molecule has 1 aromatic rings. The van der Waals surface area contributed by atoms with E-state index in [1.807, 2.05) is 0 Å². The predicted molar refractivity (Wildman–Crippen MR) is 90.5 cm³/mol. The van der Waals surface area contributed by atoms with Crippen LogP contribution in [0.25, 0.3) is 0 Å². The predicted octanol–water partition coefficient (Wildman–Crippen LogP) is 1.94. The van der Waals surface area contributed by atoms with Crippen molar-refractivity contribution in [2.75, 3.05) is 13.1 Å². The third kappa shape index (κ3) is 3.49. The van der Waals surface area contributed by atoms with Crippen molar-refractivity contribution in [1.29, 1.82) is 0 Å². The normalized spacial score (nSPS) is 26.5. The Kier molecular flexibility index (Phi) is 4.24. The molecule has 0 radical (unpaired) electrons. The first-order valence-corrected chi connectivity index (χ1v) is 10.5. The highest BCUT2D eigenvalue weighted by atomic mass is 32.2. The molecule has 0 bridgehead atoms. The van der Waals surface area contributed by atoms with Gasteiger partial charge in [0, 0.05) is 44.1 Å². The van der Waals surface area contributed by atoms with Crippen LogP contribution in [0.1, 0.15) is 44.2 Å². The smallest absolute Gasteiger partial charge is 0.214 e. The van der Waals surface area contributed by atoms with Gasteiger partial charge in [0.05, 0.1) is 5.25 Å². The van der Waals surface area contributed by atoms with Crippen molar-refractivity contribution >= 4 is 10.0 Å². The molecule has 2 saturated carbocycles. The van der Waals surface area contributed by atoms with E-state index in [2.05, 4.69) is 32.5 Å². The maximum atomic E-state index is 12.0. The van der Waals surface area contributed by atoms with Crippen LogP contribution in [0.2, 0.25) is 0 Å². The summed E-state index contributed by atoms with van der Waals surface area (Å²) in [4.78, 5) is 2.63. The van der Waals surface area contributed by atoms with Gasteiger partial charge in [-0.05, 0) is 50.2 Å². The fourth-order valence-electron chi connectivity index (χ4n) is 3.83. The zero-order valence-corrected chi connectivity index (χ0v) is 14.5. The Bertz CT molecular complexity index is 647. The molecule has 1 N–H and O–H groups in total. The fraction of sp³-hybridized carbons (Fsp3) is 0.765. The largest absolute Gasteiger partial charge is 0.350 e.